The minimum atomic E-state index is -3.88. The fourth-order valence-corrected chi connectivity index (χ4v) is 2.03. The van der Waals surface area contributed by atoms with Crippen molar-refractivity contribution in [1.82, 2.24) is 0 Å². The van der Waals surface area contributed by atoms with Crippen LogP contribution in [-0.2, 0) is 13.9 Å². The lowest BCUT2D eigenvalue weighted by atomic mass is 10.2. The largest absolute Gasteiger partial charge is 0.376 e. The van der Waals surface area contributed by atoms with Gasteiger partial charge in [-0.05, 0) is 38.0 Å². The van der Waals surface area contributed by atoms with Crippen LogP contribution in [0.3, 0.4) is 0 Å². The Hall–Kier alpha value is 0.220. The summed E-state index contributed by atoms with van der Waals surface area (Å²) in [6.07, 6.45) is 0.613. The summed E-state index contributed by atoms with van der Waals surface area (Å²) in [6.45, 7) is 6.31. The molecule has 0 aromatic heterocycles. The molecule has 0 saturated heterocycles. The molecule has 6 heteroatoms. The Labute approximate surface area is 83.2 Å². The van der Waals surface area contributed by atoms with Crippen molar-refractivity contribution in [3.8, 4) is 0 Å². The van der Waals surface area contributed by atoms with Crippen LogP contribution in [0.1, 0.15) is 27.2 Å². The Balaban J connectivity index is 3.39. The fourth-order valence-electron chi connectivity index (χ4n) is 0.602. The van der Waals surface area contributed by atoms with Crippen LogP contribution < -0.4 is 0 Å². The van der Waals surface area contributed by atoms with Crippen LogP contribution in [0.25, 0.3) is 0 Å². The van der Waals surface area contributed by atoms with Crippen molar-refractivity contribution in [1.29, 1.82) is 0 Å². The van der Waals surface area contributed by atoms with Crippen LogP contribution in [0.15, 0.2) is 0 Å². The molecule has 0 bridgehead atoms. The summed E-state index contributed by atoms with van der Waals surface area (Å²) in [7, 11) is -3.35. The Morgan fingerprint density at radius 2 is 1.92 bits per heavy atom. The summed E-state index contributed by atoms with van der Waals surface area (Å²) in [5, 5.41) is 0. The second-order valence-electron chi connectivity index (χ2n) is 3.56. The number of rotatable bonds is 5. The van der Waals surface area contributed by atoms with E-state index in [0.717, 1.165) is 0 Å². The summed E-state index contributed by atoms with van der Waals surface area (Å²) in [5.41, 5.74) is -0.192. The lowest BCUT2D eigenvalue weighted by Gasteiger charge is -2.18. The zero-order valence-electron chi connectivity index (χ0n) is 8.11. The average molecular weight is 228 g/mol. The quantitative estimate of drug-likeness (QED) is 0.441. The van der Waals surface area contributed by atoms with Gasteiger partial charge in [0.05, 0.1) is 5.60 Å². The van der Waals surface area contributed by atoms with Crippen molar-refractivity contribution < 1.29 is 17.7 Å². The smallest absolute Gasteiger partial charge is 0.319 e. The van der Waals surface area contributed by atoms with Crippen molar-refractivity contribution in [2.45, 2.75) is 32.8 Å². The van der Waals surface area contributed by atoms with Crippen LogP contribution in [0, 0.1) is 0 Å². The normalized spacial score (nSPS) is 13.2. The minimum Gasteiger partial charge on any atom is -0.376 e. The number of hydrogen-bond donors (Lipinski definition) is 1. The van der Waals surface area contributed by atoms with Gasteiger partial charge in [0, 0.05) is 12.4 Å². The molecule has 80 valence electrons. The summed E-state index contributed by atoms with van der Waals surface area (Å²) in [6, 6.07) is 0. The zero-order chi connectivity index (χ0) is 10.5. The highest BCUT2D eigenvalue weighted by Crippen LogP contribution is 2.12. The summed E-state index contributed by atoms with van der Waals surface area (Å²) < 4.78 is 34.3. The maximum absolute atomic E-state index is 10.3. The predicted octanol–water partition coefficient (Wildman–Crippen LogP) is 1.73. The van der Waals surface area contributed by atoms with Gasteiger partial charge in [0.2, 0.25) is 0 Å². The maximum Gasteiger partial charge on any atom is 0.319 e. The second-order valence-corrected chi connectivity index (χ2v) is 7.03. The van der Waals surface area contributed by atoms with Crippen molar-refractivity contribution in [2.24, 2.45) is 0 Å². The van der Waals surface area contributed by atoms with E-state index in [1.54, 1.807) is 0 Å². The summed E-state index contributed by atoms with van der Waals surface area (Å²) >= 11 is 0. The van der Waals surface area contributed by atoms with Gasteiger partial charge in [-0.15, -0.1) is 0 Å². The van der Waals surface area contributed by atoms with Gasteiger partial charge in [0.25, 0.3) is 0 Å². The highest BCUT2D eigenvalue weighted by molar-refractivity contribution is 8.69. The molecule has 0 unspecified atom stereocenters. The molecular weight excluding hydrogens is 212 g/mol. The fraction of sp³-hybridized carbons (Fsp3) is 1.00. The molecule has 0 aromatic carbocycles. The molecule has 0 spiro atoms. The topological polar surface area (TPSA) is 63.6 Å². The third-order valence-corrected chi connectivity index (χ3v) is 3.20. The van der Waals surface area contributed by atoms with Gasteiger partial charge in [-0.1, -0.05) is 0 Å². The molecule has 4 nitrogen and oxygen atoms in total. The molecule has 0 atom stereocenters. The van der Waals surface area contributed by atoms with E-state index >= 15 is 0 Å². The molecule has 0 rings (SSSR count). The summed E-state index contributed by atoms with van der Waals surface area (Å²) in [4.78, 5) is 0. The Kier molecular flexibility index (Phi) is 5.28. The molecule has 0 aliphatic heterocycles. The first-order chi connectivity index (χ1) is 5.71. The molecule has 0 radical (unpaired) electrons. The molecule has 0 aliphatic rings. The van der Waals surface area contributed by atoms with Gasteiger partial charge in [0.15, 0.2) is 0 Å². The Bertz CT molecular complexity index is 227. The minimum absolute atomic E-state index is 0.192. The summed E-state index contributed by atoms with van der Waals surface area (Å²) in [5.74, 6) is 0.356. The molecule has 0 amide bonds. The van der Waals surface area contributed by atoms with E-state index in [9.17, 15) is 8.42 Å². The van der Waals surface area contributed by atoms with Gasteiger partial charge in [0.1, 0.15) is 0 Å². The third-order valence-electron chi connectivity index (χ3n) is 1.06. The zero-order valence-corrected chi connectivity index (χ0v) is 9.74. The average Bonchev–Trinajstić information content (AvgIpc) is 1.81. The van der Waals surface area contributed by atoms with Crippen LogP contribution >= 0.6 is 10.8 Å². The van der Waals surface area contributed by atoms with E-state index in [4.69, 9.17) is 9.29 Å². The molecule has 0 saturated carbocycles. The van der Waals surface area contributed by atoms with E-state index in [1.165, 1.54) is 0 Å². The molecule has 13 heavy (non-hydrogen) atoms. The van der Waals surface area contributed by atoms with Gasteiger partial charge >= 0.3 is 9.15 Å². The third kappa shape index (κ3) is 12.2. The van der Waals surface area contributed by atoms with E-state index in [0.29, 0.717) is 29.6 Å². The van der Waals surface area contributed by atoms with E-state index in [2.05, 4.69) is 0 Å². The first-order valence-electron chi connectivity index (χ1n) is 3.96. The maximum atomic E-state index is 10.3. The van der Waals surface area contributed by atoms with Crippen molar-refractivity contribution in [3.05, 3.63) is 0 Å². The monoisotopic (exact) mass is 228 g/mol. The highest BCUT2D eigenvalue weighted by Gasteiger charge is 2.10. The van der Waals surface area contributed by atoms with E-state index in [-0.39, 0.29) is 5.60 Å². The Morgan fingerprint density at radius 3 is 2.31 bits per heavy atom. The van der Waals surface area contributed by atoms with E-state index in [1.807, 2.05) is 20.8 Å². The number of hydrogen-bond acceptors (Lipinski definition) is 4. The first kappa shape index (κ1) is 13.2. The first-order valence-corrected chi connectivity index (χ1v) is 6.91. The molecule has 0 aromatic rings. The van der Waals surface area contributed by atoms with Gasteiger partial charge in [-0.25, -0.2) is 0 Å². The van der Waals surface area contributed by atoms with Crippen molar-refractivity contribution in [3.63, 3.8) is 0 Å². The van der Waals surface area contributed by atoms with Crippen LogP contribution in [0.4, 0.5) is 0 Å². The Morgan fingerprint density at radius 1 is 1.38 bits per heavy atom. The molecule has 0 aliphatic carbocycles. The number of ether oxygens (including phenoxy) is 1. The van der Waals surface area contributed by atoms with Crippen molar-refractivity contribution in [2.75, 3.05) is 12.4 Å². The molecule has 1 N–H and O–H groups in total. The van der Waals surface area contributed by atoms with Crippen LogP contribution in [0.5, 0.6) is 0 Å². The van der Waals surface area contributed by atoms with Gasteiger partial charge < -0.3 is 4.74 Å². The lowest BCUT2D eigenvalue weighted by molar-refractivity contribution is -0.00194. The predicted molar refractivity (Wildman–Crippen MR) is 54.3 cm³/mol. The lowest BCUT2D eigenvalue weighted by Crippen LogP contribution is -2.19. The van der Waals surface area contributed by atoms with E-state index < -0.39 is 9.15 Å². The van der Waals surface area contributed by atoms with Crippen LogP contribution in [-0.4, -0.2) is 30.9 Å². The molecule has 0 fully saturated rings. The standard InChI is InChI=1S/C7H16O4S2/c1-7(2,3)11-5-4-6-12-13(8,9)10/h4-6H2,1-3H3,(H,8,9,10). The second kappa shape index (κ2) is 5.19. The highest BCUT2D eigenvalue weighted by atomic mass is 33.1. The SMILES string of the molecule is CC(C)(C)OCCCSS(=O)(=O)O. The van der Waals surface area contributed by atoms with Gasteiger partial charge in [-0.3, -0.25) is 4.55 Å². The van der Waals surface area contributed by atoms with Gasteiger partial charge in [-0.2, -0.15) is 8.42 Å². The molecule has 0 heterocycles. The van der Waals surface area contributed by atoms with Crippen LogP contribution in [0.2, 0.25) is 0 Å². The molecular formula is C7H16O4S2. The van der Waals surface area contributed by atoms with Crippen molar-refractivity contribution >= 4 is 19.9 Å².